The minimum Gasteiger partial charge on any atom is -0.309 e. The van der Waals surface area contributed by atoms with E-state index in [9.17, 15) is 6.63 Å². The maximum Gasteiger partial charge on any atom is 0.0993 e. The van der Waals surface area contributed by atoms with Crippen LogP contribution in [0.4, 0.5) is 0 Å². The van der Waals surface area contributed by atoms with E-state index < -0.39 is 176 Å². The van der Waals surface area contributed by atoms with E-state index in [1.165, 1.54) is 32.4 Å². The molecular weight excluding hydrogens is 1590 g/mol. The van der Waals surface area contributed by atoms with Gasteiger partial charge < -0.3 is 36.5 Å². The minimum atomic E-state index is -0.936. The molecule has 130 heavy (non-hydrogen) atoms. The second-order valence-electron chi connectivity index (χ2n) is 31.2. The molecule has 0 aliphatic heterocycles. The fourth-order valence-electron chi connectivity index (χ4n) is 18.9. The Labute approximate surface area is 778 Å². The maximum atomic E-state index is 9.97. The van der Waals surface area contributed by atoms with Gasteiger partial charge in [0.25, 0.3) is 0 Å². The van der Waals surface area contributed by atoms with Crippen molar-refractivity contribution in [1.82, 2.24) is 51.5 Å². The third-order valence-corrected chi connectivity index (χ3v) is 24.3. The van der Waals surface area contributed by atoms with E-state index in [2.05, 4.69) is 236 Å². The lowest BCUT2D eigenvalue weighted by atomic mass is 10.1. The molecule has 0 saturated carbocycles. The van der Waals surface area contributed by atoms with Crippen molar-refractivity contribution in [2.24, 2.45) is 0 Å². The predicted octanol–water partition coefficient (Wildman–Crippen LogP) is 29.6. The Morgan fingerprint density at radius 3 is 0.731 bits per heavy atom. The molecule has 11 aromatic heterocycles. The number of para-hydroxylation sites is 13. The van der Waals surface area contributed by atoms with Gasteiger partial charge in [-0.1, -0.05) is 254 Å². The van der Waals surface area contributed by atoms with E-state index in [-0.39, 0.29) is 0 Å². The van der Waals surface area contributed by atoms with Gasteiger partial charge in [0.05, 0.1) is 133 Å². The highest BCUT2D eigenvalue weighted by Crippen LogP contribution is 2.43. The van der Waals surface area contributed by atoms with Crippen molar-refractivity contribution in [3.05, 3.63) is 467 Å². The summed E-state index contributed by atoms with van der Waals surface area (Å²) in [4.78, 5) is 13.1. The number of aromatic nitrogens is 11. The van der Waals surface area contributed by atoms with E-state index in [1.54, 1.807) is 24.3 Å². The first-order valence-electron chi connectivity index (χ1n) is 53.8. The second-order valence-corrected chi connectivity index (χ2v) is 31.2. The summed E-state index contributed by atoms with van der Waals surface area (Å²) in [5.41, 5.74) is 16.4. The largest absolute Gasteiger partial charge is 0.309 e. The van der Waals surface area contributed by atoms with Crippen molar-refractivity contribution in [3.8, 4) is 51.6 Å². The average molecular weight is 1690 g/mol. The molecule has 28 aromatic rings. The van der Waals surface area contributed by atoms with Gasteiger partial charge in [-0.3, -0.25) is 15.0 Å². The standard InChI is InChI=1S/C31H19N3.2C30H20N2.C27H17N5/c32-20-21-17-22(33-28-13-5-1-9-24(28)25-10-2-6-14-29(25)33)19-23(18-21)34-30-15-7-3-11-26(30)27-12-4-8-16-31(27)34;2*1-5-16-27-23(12-1)24-13-2-6-17-28(24)31(27)21-10-9-11-22(20-21)32-29-18-7-3-14-25(29)26-15-4-8-19-30(26)32;1-2-7-24-20(6-1)21-15-28-11-8-25(21)31(24)18-4-3-5-19(14-18)32-26-9-12-29-16-22(26)23-17-30-13-10-27(23)32/h1-19H;2*1-20H;1-17H/i;1D,2D,3D,4D,5D,6D,7D,8D,9D,10D,11D,12D,13D,14D,15D,16D,17D,18D,19D,20D;1D,2D,3D,4D;. The number of nitrogens with zero attached hydrogens (tertiary/aromatic N) is 12. The van der Waals surface area contributed by atoms with Gasteiger partial charge in [-0.05, 0) is 170 Å². The average Bonchev–Trinajstić information content (AvgIpc) is 1.52. The third-order valence-electron chi connectivity index (χ3n) is 24.3. The van der Waals surface area contributed by atoms with Crippen LogP contribution in [0.25, 0.3) is 220 Å². The van der Waals surface area contributed by atoms with Crippen LogP contribution in [0.1, 0.15) is 38.5 Å². The zero-order chi connectivity index (χ0) is 107. The van der Waals surface area contributed by atoms with Crippen LogP contribution in [0.2, 0.25) is 0 Å². The van der Waals surface area contributed by atoms with Gasteiger partial charge in [0.1, 0.15) is 0 Å². The van der Waals surface area contributed by atoms with Gasteiger partial charge in [-0.15, -0.1) is 0 Å². The molecule has 0 amide bonds. The molecule has 17 aromatic carbocycles. The molecule has 0 spiro atoms. The molecule has 608 valence electrons. The van der Waals surface area contributed by atoms with Crippen molar-refractivity contribution in [2.45, 2.75) is 0 Å². The van der Waals surface area contributed by atoms with E-state index in [1.807, 2.05) is 104 Å². The predicted molar refractivity (Wildman–Crippen MR) is 539 cm³/mol. The van der Waals surface area contributed by atoms with Crippen LogP contribution in [0.3, 0.4) is 0 Å². The molecule has 12 heteroatoms. The normalized spacial score (nSPS) is 14.3. The number of pyridine rings is 3. The third kappa shape index (κ3) is 12.0. The molecule has 0 atom stereocenters. The maximum absolute atomic E-state index is 9.97. The lowest BCUT2D eigenvalue weighted by molar-refractivity contribution is 1.13. The van der Waals surface area contributed by atoms with Crippen LogP contribution in [-0.2, 0) is 0 Å². The van der Waals surface area contributed by atoms with E-state index >= 15 is 0 Å². The van der Waals surface area contributed by atoms with E-state index in [0.717, 1.165) is 142 Å². The van der Waals surface area contributed by atoms with Gasteiger partial charge in [0.15, 0.2) is 0 Å². The molecule has 0 N–H and O–H groups in total. The van der Waals surface area contributed by atoms with Crippen molar-refractivity contribution in [1.29, 1.82) is 5.26 Å². The fourth-order valence-corrected chi connectivity index (χ4v) is 18.9. The van der Waals surface area contributed by atoms with Crippen molar-refractivity contribution in [2.75, 3.05) is 0 Å². The monoisotopic (exact) mass is 1680 g/mol. The summed E-state index contributed by atoms with van der Waals surface area (Å²) < 4.78 is 221. The Morgan fingerprint density at radius 2 is 0.423 bits per heavy atom. The molecule has 0 aliphatic rings. The topological polar surface area (TPSA) is 102 Å². The summed E-state index contributed by atoms with van der Waals surface area (Å²) in [5, 5.41) is 21.6. The Hall–Kier alpha value is -17.9. The van der Waals surface area contributed by atoms with Gasteiger partial charge in [0, 0.05) is 169 Å². The molecular formula is C118H76N12. The molecule has 0 fully saturated rings. The van der Waals surface area contributed by atoms with Crippen LogP contribution in [0.5, 0.6) is 0 Å². The van der Waals surface area contributed by atoms with Crippen LogP contribution < -0.4 is 0 Å². The first-order valence-corrected chi connectivity index (χ1v) is 41.8. The quantitative estimate of drug-likeness (QED) is 0.151. The Morgan fingerprint density at radius 1 is 0.185 bits per heavy atom. The summed E-state index contributed by atoms with van der Waals surface area (Å²) in [6, 6.07) is 82.6. The first kappa shape index (κ1) is 54.0. The SMILES string of the molecule is N#Cc1cc(-n2c3ccccc3c3ccccc32)cc(-n2c3ccccc3c3ccccc32)c1.[2H]c1c([2H])c(-n2c3c([2H])c([2H])c([2H])c([2H])c3c3c([2H])c([2H])c([2H])c([2H])c32)c([2H])c(-n2c3c([2H])c([2H])c([2H])c([2H])c3c3c([2H])c([2H])c([2H])c([2H])c32)c1[2H].[2H]c1ccc2c(c1)c1cc([2H])ccc1n2-c1cccc(-n2c3ccc([2H])cc3c3cc([2H])ccc32)c1.c1cc(-n2c3ccccc3c3cnccc32)cc(-n2c3ccncc3c3cnccc32)c1. The Kier molecular flexibility index (Phi) is 12.8. The van der Waals surface area contributed by atoms with Gasteiger partial charge in [-0.25, -0.2) is 0 Å². The summed E-state index contributed by atoms with van der Waals surface area (Å²) in [6.45, 7) is 0. The van der Waals surface area contributed by atoms with Crippen molar-refractivity contribution in [3.63, 3.8) is 0 Å². The number of fused-ring (bicyclic) bond motifs is 24. The number of rotatable bonds is 8. The zero-order valence-electron chi connectivity index (χ0n) is 92.4. The molecule has 0 radical (unpaired) electrons. The van der Waals surface area contributed by atoms with Crippen molar-refractivity contribution < 1.29 is 32.9 Å². The van der Waals surface area contributed by atoms with Crippen LogP contribution in [-0.4, -0.2) is 51.5 Å². The number of benzene rings is 17. The van der Waals surface area contributed by atoms with Gasteiger partial charge in [0.2, 0.25) is 0 Å². The molecule has 0 bridgehead atoms. The highest BCUT2D eigenvalue weighted by atomic mass is 15.1. The van der Waals surface area contributed by atoms with Gasteiger partial charge in [-0.2, -0.15) is 5.26 Å². The number of hydrogen-bond acceptors (Lipinski definition) is 4. The van der Waals surface area contributed by atoms with Crippen LogP contribution >= 0.6 is 0 Å². The minimum absolute atomic E-state index is 0.394. The molecule has 28 rings (SSSR count). The number of nitriles is 1. The van der Waals surface area contributed by atoms with Crippen LogP contribution in [0.15, 0.2) is 461 Å². The van der Waals surface area contributed by atoms with E-state index in [0.29, 0.717) is 29.7 Å². The summed E-state index contributed by atoms with van der Waals surface area (Å²) >= 11 is 0. The molecule has 0 saturated heterocycles. The lowest BCUT2D eigenvalue weighted by Crippen LogP contribution is -2.00. The molecule has 12 nitrogen and oxygen atoms in total. The molecule has 11 heterocycles. The fraction of sp³-hybridized carbons (Fsp3) is 0. The van der Waals surface area contributed by atoms with Crippen molar-refractivity contribution >= 4 is 174 Å². The lowest BCUT2D eigenvalue weighted by Gasteiger charge is -2.13. The summed E-state index contributed by atoms with van der Waals surface area (Å²) in [5.74, 6) is 0. The highest BCUT2D eigenvalue weighted by Gasteiger charge is 2.23. The highest BCUT2D eigenvalue weighted by molar-refractivity contribution is 6.16. The molecule has 0 unspecified atom stereocenters. The van der Waals surface area contributed by atoms with Gasteiger partial charge >= 0.3 is 0 Å². The second kappa shape index (κ2) is 30.8. The first-order chi connectivity index (χ1) is 74.4. The zero-order valence-corrected chi connectivity index (χ0v) is 68.4. The summed E-state index contributed by atoms with van der Waals surface area (Å²) in [7, 11) is 0. The van der Waals surface area contributed by atoms with E-state index in [4.69, 9.17) is 31.5 Å². The summed E-state index contributed by atoms with van der Waals surface area (Å²) in [6.07, 6.45) is 11.3. The Balaban J connectivity index is 0.000000107. The van der Waals surface area contributed by atoms with Crippen LogP contribution in [0, 0.1) is 11.3 Å². The number of hydrogen-bond donors (Lipinski definition) is 0. The molecule has 0 aliphatic carbocycles. The smallest absolute Gasteiger partial charge is 0.0993 e. The Bertz CT molecular complexity index is 9960.